The van der Waals surface area contributed by atoms with Crippen molar-refractivity contribution in [3.8, 4) is 23.0 Å². The molecule has 3 aromatic carbocycles. The fourth-order valence-electron chi connectivity index (χ4n) is 3.10. The number of nitrogens with zero attached hydrogens (tertiary/aromatic N) is 1. The van der Waals surface area contributed by atoms with Gasteiger partial charge in [-0.1, -0.05) is 30.3 Å². The van der Waals surface area contributed by atoms with Crippen molar-refractivity contribution in [3.05, 3.63) is 71.8 Å². The second kappa shape index (κ2) is 7.86. The molecule has 0 unspecified atom stereocenters. The minimum atomic E-state index is -5.07. The van der Waals surface area contributed by atoms with Gasteiger partial charge in [0, 0.05) is 0 Å². The smallest absolute Gasteiger partial charge is 0.436 e. The number of aromatic nitrogens is 1. The van der Waals surface area contributed by atoms with Gasteiger partial charge in [-0.05, 0) is 55.3 Å². The number of hydrogen-bond acceptors (Lipinski definition) is 6. The van der Waals surface area contributed by atoms with Gasteiger partial charge < -0.3 is 13.3 Å². The van der Waals surface area contributed by atoms with Crippen molar-refractivity contribution < 1.29 is 34.9 Å². The molecule has 0 fully saturated rings. The van der Waals surface area contributed by atoms with E-state index in [4.69, 9.17) is 8.60 Å². The first-order valence-corrected chi connectivity index (χ1v) is 10.7. The van der Waals surface area contributed by atoms with Crippen LogP contribution in [0.5, 0.6) is 11.5 Å². The Morgan fingerprint density at radius 1 is 0.969 bits per heavy atom. The van der Waals surface area contributed by atoms with Crippen molar-refractivity contribution in [2.24, 2.45) is 0 Å². The van der Waals surface area contributed by atoms with Crippen LogP contribution in [0.2, 0.25) is 0 Å². The highest BCUT2D eigenvalue weighted by molar-refractivity contribution is 7.87. The molecule has 0 aliphatic carbocycles. The lowest BCUT2D eigenvalue weighted by atomic mass is 10.1. The Hall–Kier alpha value is -3.53. The topological polar surface area (TPSA) is 78.6 Å². The second-order valence-corrected chi connectivity index (χ2v) is 8.49. The Kier molecular flexibility index (Phi) is 5.33. The molecule has 0 amide bonds. The summed E-state index contributed by atoms with van der Waals surface area (Å²) in [4.78, 5) is 3.64. The summed E-state index contributed by atoms with van der Waals surface area (Å²) in [5.74, 6) is -0.899. The van der Waals surface area contributed by atoms with Gasteiger partial charge in [0.15, 0.2) is 17.1 Å². The van der Waals surface area contributed by atoms with E-state index in [0.717, 1.165) is 17.7 Å². The van der Waals surface area contributed by atoms with Crippen molar-refractivity contribution in [1.82, 2.24) is 4.98 Å². The zero-order valence-electron chi connectivity index (χ0n) is 16.8. The minimum Gasteiger partial charge on any atom is -0.436 e. The number of oxazole rings is 1. The summed E-state index contributed by atoms with van der Waals surface area (Å²) in [6.45, 7) is 3.49. The molecule has 166 valence electrons. The monoisotopic (exact) mass is 463 g/mol. The van der Waals surface area contributed by atoms with Crippen molar-refractivity contribution in [2.75, 3.05) is 0 Å². The van der Waals surface area contributed by atoms with Crippen LogP contribution in [0, 0.1) is 13.8 Å². The Bertz CT molecular complexity index is 1410. The predicted octanol–water partition coefficient (Wildman–Crippen LogP) is 5.78. The summed E-state index contributed by atoms with van der Waals surface area (Å²) in [5.41, 5.74) is 2.67. The number of alkyl halides is 3. The lowest BCUT2D eigenvalue weighted by molar-refractivity contribution is -0.275. The van der Waals surface area contributed by atoms with E-state index in [2.05, 4.69) is 9.72 Å². The average molecular weight is 463 g/mol. The third kappa shape index (κ3) is 4.40. The van der Waals surface area contributed by atoms with Crippen LogP contribution in [-0.4, -0.2) is 19.8 Å². The predicted molar refractivity (Wildman–Crippen MR) is 110 cm³/mol. The van der Waals surface area contributed by atoms with Crippen LogP contribution >= 0.6 is 0 Å². The first-order valence-electron chi connectivity index (χ1n) is 9.30. The Morgan fingerprint density at radius 2 is 1.72 bits per heavy atom. The van der Waals surface area contributed by atoms with Crippen LogP contribution in [0.3, 0.4) is 0 Å². The normalized spacial score (nSPS) is 12.2. The van der Waals surface area contributed by atoms with Crippen LogP contribution < -0.4 is 8.92 Å². The summed E-state index contributed by atoms with van der Waals surface area (Å²) < 4.78 is 79.0. The molecule has 4 aromatic rings. The summed E-state index contributed by atoms with van der Waals surface area (Å²) in [6.07, 6.45) is -5.07. The average Bonchev–Trinajstić information content (AvgIpc) is 3.11. The third-order valence-corrected chi connectivity index (χ3v) is 5.78. The van der Waals surface area contributed by atoms with E-state index < -0.39 is 27.1 Å². The maximum absolute atomic E-state index is 12.9. The number of fused-ring (bicyclic) bond motifs is 1. The molecule has 0 N–H and O–H groups in total. The summed E-state index contributed by atoms with van der Waals surface area (Å²) >= 11 is 0. The summed E-state index contributed by atoms with van der Waals surface area (Å²) in [5, 5.41) is 0. The van der Waals surface area contributed by atoms with Gasteiger partial charge in [-0.3, -0.25) is 0 Å². The SMILES string of the molecule is Cc1ccc2oc(-c3cccc(C)c3OS(=O)(=O)c3ccccc3OC(F)(F)F)nc2c1. The molecule has 0 saturated heterocycles. The Morgan fingerprint density at radius 3 is 2.47 bits per heavy atom. The maximum Gasteiger partial charge on any atom is 0.573 e. The highest BCUT2D eigenvalue weighted by Crippen LogP contribution is 2.38. The number of rotatable bonds is 5. The third-order valence-electron chi connectivity index (χ3n) is 4.52. The van der Waals surface area contributed by atoms with Gasteiger partial charge in [-0.2, -0.15) is 8.42 Å². The molecule has 1 aromatic heterocycles. The van der Waals surface area contributed by atoms with Gasteiger partial charge in [-0.25, -0.2) is 4.98 Å². The van der Waals surface area contributed by atoms with E-state index in [1.165, 1.54) is 12.1 Å². The largest absolute Gasteiger partial charge is 0.573 e. The molecule has 32 heavy (non-hydrogen) atoms. The molecule has 0 saturated carbocycles. The highest BCUT2D eigenvalue weighted by Gasteiger charge is 2.35. The number of ether oxygens (including phenoxy) is 1. The lowest BCUT2D eigenvalue weighted by Gasteiger charge is -2.15. The van der Waals surface area contributed by atoms with Crippen LogP contribution in [0.15, 0.2) is 70.0 Å². The van der Waals surface area contributed by atoms with E-state index in [1.807, 2.05) is 13.0 Å². The zero-order valence-corrected chi connectivity index (χ0v) is 17.6. The van der Waals surface area contributed by atoms with E-state index in [-0.39, 0.29) is 17.2 Å². The molecule has 0 aliphatic heterocycles. The van der Waals surface area contributed by atoms with Crippen molar-refractivity contribution in [1.29, 1.82) is 0 Å². The van der Waals surface area contributed by atoms with Crippen molar-refractivity contribution in [3.63, 3.8) is 0 Å². The first kappa shape index (κ1) is 21.7. The van der Waals surface area contributed by atoms with Gasteiger partial charge in [0.2, 0.25) is 5.89 Å². The van der Waals surface area contributed by atoms with Crippen LogP contribution in [0.1, 0.15) is 11.1 Å². The first-order chi connectivity index (χ1) is 15.0. The molecule has 4 rings (SSSR count). The molecular formula is C22H16F3NO5S. The molecule has 0 spiro atoms. The Balaban J connectivity index is 1.79. The van der Waals surface area contributed by atoms with Gasteiger partial charge in [-0.15, -0.1) is 13.2 Å². The van der Waals surface area contributed by atoms with E-state index >= 15 is 0 Å². The van der Waals surface area contributed by atoms with Crippen LogP contribution in [0.4, 0.5) is 13.2 Å². The molecule has 0 bridgehead atoms. The van der Waals surface area contributed by atoms with E-state index in [1.54, 1.807) is 37.3 Å². The molecule has 0 atom stereocenters. The number of para-hydroxylation sites is 2. The molecule has 0 radical (unpaired) electrons. The minimum absolute atomic E-state index is 0.110. The van der Waals surface area contributed by atoms with Gasteiger partial charge in [0.1, 0.15) is 10.4 Å². The van der Waals surface area contributed by atoms with E-state index in [9.17, 15) is 21.6 Å². The van der Waals surface area contributed by atoms with Crippen LogP contribution in [-0.2, 0) is 10.1 Å². The Labute approximate surface area is 181 Å². The highest BCUT2D eigenvalue weighted by atomic mass is 32.2. The van der Waals surface area contributed by atoms with E-state index in [0.29, 0.717) is 16.7 Å². The molecule has 6 nitrogen and oxygen atoms in total. The zero-order chi connectivity index (χ0) is 23.1. The van der Waals surface area contributed by atoms with Gasteiger partial charge in [0.25, 0.3) is 0 Å². The van der Waals surface area contributed by atoms with Crippen molar-refractivity contribution >= 4 is 21.2 Å². The fraction of sp³-hybridized carbons (Fsp3) is 0.136. The molecule has 1 heterocycles. The summed E-state index contributed by atoms with van der Waals surface area (Å²) in [6, 6.07) is 14.5. The molecule has 0 aliphatic rings. The number of hydrogen-bond donors (Lipinski definition) is 0. The number of halogens is 3. The lowest BCUT2D eigenvalue weighted by Crippen LogP contribution is -2.20. The quantitative estimate of drug-likeness (QED) is 0.349. The van der Waals surface area contributed by atoms with Gasteiger partial charge >= 0.3 is 16.5 Å². The number of aryl methyl sites for hydroxylation is 2. The fourth-order valence-corrected chi connectivity index (χ4v) is 4.24. The summed E-state index contributed by atoms with van der Waals surface area (Å²) in [7, 11) is -4.70. The van der Waals surface area contributed by atoms with Gasteiger partial charge in [0.05, 0.1) is 5.56 Å². The van der Waals surface area contributed by atoms with Crippen molar-refractivity contribution in [2.45, 2.75) is 25.1 Å². The molecule has 10 heteroatoms. The number of benzene rings is 3. The maximum atomic E-state index is 12.9. The standard InChI is InChI=1S/C22H16F3NO5S/c1-13-10-11-17-16(12-13)26-21(29-17)15-7-5-6-14(2)20(15)31-32(27,28)19-9-4-3-8-18(19)30-22(23,24)25/h3-12H,1-2H3. The van der Waals surface area contributed by atoms with Crippen LogP contribution in [0.25, 0.3) is 22.6 Å². The second-order valence-electron chi connectivity index (χ2n) is 6.97. The molecular weight excluding hydrogens is 447 g/mol.